The van der Waals surface area contributed by atoms with Crippen LogP contribution in [0.5, 0.6) is 0 Å². The summed E-state index contributed by atoms with van der Waals surface area (Å²) in [5.74, 6) is -0.693. The summed E-state index contributed by atoms with van der Waals surface area (Å²) in [6.07, 6.45) is 8.54. The molecule has 3 heteroatoms. The summed E-state index contributed by atoms with van der Waals surface area (Å²) >= 11 is 0. The molecule has 104 valence electrons. The number of carboxylic acid groups (broad SMARTS) is 1. The lowest BCUT2D eigenvalue weighted by Crippen LogP contribution is -2.31. The van der Waals surface area contributed by atoms with Crippen LogP contribution in [-0.4, -0.2) is 16.6 Å². The summed E-state index contributed by atoms with van der Waals surface area (Å²) < 4.78 is 0. The summed E-state index contributed by atoms with van der Waals surface area (Å²) in [5.41, 5.74) is 5.87. The van der Waals surface area contributed by atoms with Crippen molar-refractivity contribution < 1.29 is 9.90 Å². The Morgan fingerprint density at radius 1 is 1.06 bits per heavy atom. The van der Waals surface area contributed by atoms with Gasteiger partial charge in [-0.25, -0.2) is 0 Å². The first-order chi connectivity index (χ1) is 7.83. The van der Waals surface area contributed by atoms with Crippen molar-refractivity contribution >= 4 is 5.97 Å². The van der Waals surface area contributed by atoms with Crippen molar-refractivity contribution in [2.45, 2.75) is 84.6 Å². The van der Waals surface area contributed by atoms with Crippen molar-refractivity contribution in [3.05, 3.63) is 0 Å². The van der Waals surface area contributed by atoms with E-state index in [-0.39, 0.29) is 5.54 Å². The highest BCUT2D eigenvalue weighted by Crippen LogP contribution is 2.10. The van der Waals surface area contributed by atoms with E-state index in [1.54, 1.807) is 0 Å². The third-order valence-corrected chi connectivity index (χ3v) is 2.42. The first-order valence-electron chi connectivity index (χ1n) is 6.84. The van der Waals surface area contributed by atoms with Gasteiger partial charge in [0.1, 0.15) is 0 Å². The van der Waals surface area contributed by atoms with Crippen LogP contribution in [0.4, 0.5) is 0 Å². The summed E-state index contributed by atoms with van der Waals surface area (Å²) in [6, 6.07) is 0. The molecule has 3 N–H and O–H groups in total. The zero-order valence-corrected chi connectivity index (χ0v) is 12.1. The van der Waals surface area contributed by atoms with Gasteiger partial charge in [0, 0.05) is 12.0 Å². The lowest BCUT2D eigenvalue weighted by Gasteiger charge is -2.17. The molecule has 0 heterocycles. The fourth-order valence-electron chi connectivity index (χ4n) is 1.34. The molecule has 0 rings (SSSR count). The van der Waals surface area contributed by atoms with Crippen molar-refractivity contribution in [3.8, 4) is 0 Å². The van der Waals surface area contributed by atoms with E-state index in [0.29, 0.717) is 6.42 Å². The van der Waals surface area contributed by atoms with Crippen LogP contribution in [0.25, 0.3) is 0 Å². The highest BCUT2D eigenvalue weighted by atomic mass is 16.4. The topological polar surface area (TPSA) is 63.3 Å². The van der Waals surface area contributed by atoms with Crippen LogP contribution in [0.15, 0.2) is 0 Å². The smallest absolute Gasteiger partial charge is 0.303 e. The minimum Gasteiger partial charge on any atom is -0.481 e. The highest BCUT2D eigenvalue weighted by Gasteiger charge is 2.08. The first kappa shape index (κ1) is 18.8. The predicted molar refractivity (Wildman–Crippen MR) is 74.2 cm³/mol. The Balaban J connectivity index is 0. The lowest BCUT2D eigenvalue weighted by atomic mass is 9.98. The molecule has 0 aromatic rings. The molecule has 0 aliphatic carbocycles. The average Bonchev–Trinajstić information content (AvgIpc) is 2.21. The molecule has 17 heavy (non-hydrogen) atoms. The maximum atomic E-state index is 9.76. The average molecular weight is 245 g/mol. The number of rotatable bonds is 8. The Morgan fingerprint density at radius 2 is 1.59 bits per heavy atom. The molecular formula is C14H31NO2. The van der Waals surface area contributed by atoms with Crippen LogP contribution in [0.2, 0.25) is 0 Å². The van der Waals surface area contributed by atoms with Crippen molar-refractivity contribution in [1.82, 2.24) is 0 Å². The molecule has 0 unspecified atom stereocenters. The third kappa shape index (κ3) is 25.6. The van der Waals surface area contributed by atoms with Crippen LogP contribution in [0, 0.1) is 0 Å². The standard InChI is InChI=1S/C9H21N.C5H10O2/c1-4-5-6-7-8-9(2,3)10;1-2-3-4-5(6)7/h4-8,10H2,1-3H3;2-4H2,1H3,(H,6,7). The van der Waals surface area contributed by atoms with E-state index in [2.05, 4.69) is 20.8 Å². The minimum atomic E-state index is -0.693. The van der Waals surface area contributed by atoms with Crippen molar-refractivity contribution in [2.75, 3.05) is 0 Å². The number of aliphatic carboxylic acids is 1. The van der Waals surface area contributed by atoms with Gasteiger partial charge in [0.05, 0.1) is 0 Å². The second-order valence-electron chi connectivity index (χ2n) is 5.30. The first-order valence-corrected chi connectivity index (χ1v) is 6.84. The molecule has 0 atom stereocenters. The molecule has 0 radical (unpaired) electrons. The summed E-state index contributed by atoms with van der Waals surface area (Å²) in [4.78, 5) is 9.76. The van der Waals surface area contributed by atoms with Crippen molar-refractivity contribution in [2.24, 2.45) is 5.73 Å². The van der Waals surface area contributed by atoms with Gasteiger partial charge in [0.25, 0.3) is 0 Å². The quantitative estimate of drug-likeness (QED) is 0.636. The molecule has 0 bridgehead atoms. The molecule has 0 aliphatic heterocycles. The molecule has 0 aromatic carbocycles. The molecule has 0 saturated heterocycles. The van der Waals surface area contributed by atoms with Crippen molar-refractivity contribution in [3.63, 3.8) is 0 Å². The molecule has 0 aromatic heterocycles. The monoisotopic (exact) mass is 245 g/mol. The number of carbonyl (C=O) groups is 1. The largest absolute Gasteiger partial charge is 0.481 e. The van der Waals surface area contributed by atoms with Crippen LogP contribution in [0.3, 0.4) is 0 Å². The Labute approximate surface area is 107 Å². The Morgan fingerprint density at radius 3 is 1.88 bits per heavy atom. The van der Waals surface area contributed by atoms with Crippen LogP contribution < -0.4 is 5.73 Å². The fraction of sp³-hybridized carbons (Fsp3) is 0.929. The van der Waals surface area contributed by atoms with E-state index < -0.39 is 5.97 Å². The van der Waals surface area contributed by atoms with E-state index in [0.717, 1.165) is 19.3 Å². The normalized spacial score (nSPS) is 10.6. The van der Waals surface area contributed by atoms with Gasteiger partial charge >= 0.3 is 5.97 Å². The van der Waals surface area contributed by atoms with E-state index in [1.165, 1.54) is 25.7 Å². The molecule has 0 amide bonds. The number of carboxylic acids is 1. The SMILES string of the molecule is CCCCC(=O)O.CCCCCCC(C)(C)N. The number of unbranched alkanes of at least 4 members (excludes halogenated alkanes) is 4. The van der Waals surface area contributed by atoms with Crippen LogP contribution >= 0.6 is 0 Å². The summed E-state index contributed by atoms with van der Waals surface area (Å²) in [5, 5.41) is 8.04. The number of hydrogen-bond donors (Lipinski definition) is 2. The third-order valence-electron chi connectivity index (χ3n) is 2.42. The van der Waals surface area contributed by atoms with Gasteiger partial charge in [-0.3, -0.25) is 4.79 Å². The maximum Gasteiger partial charge on any atom is 0.303 e. The Hall–Kier alpha value is -0.570. The second kappa shape index (κ2) is 11.9. The van der Waals surface area contributed by atoms with Gasteiger partial charge in [-0.05, 0) is 26.7 Å². The maximum absolute atomic E-state index is 9.76. The van der Waals surface area contributed by atoms with Gasteiger partial charge in [0.2, 0.25) is 0 Å². The molecule has 3 nitrogen and oxygen atoms in total. The lowest BCUT2D eigenvalue weighted by molar-refractivity contribution is -0.137. The van der Waals surface area contributed by atoms with Gasteiger partial charge in [-0.2, -0.15) is 0 Å². The molecule has 0 spiro atoms. The predicted octanol–water partition coefficient (Wildman–Crippen LogP) is 3.96. The van der Waals surface area contributed by atoms with E-state index in [9.17, 15) is 4.79 Å². The van der Waals surface area contributed by atoms with Gasteiger partial charge in [-0.15, -0.1) is 0 Å². The van der Waals surface area contributed by atoms with Gasteiger partial charge in [-0.1, -0.05) is 46.0 Å². The zero-order valence-electron chi connectivity index (χ0n) is 12.1. The van der Waals surface area contributed by atoms with Crippen LogP contribution in [0.1, 0.15) is 79.1 Å². The highest BCUT2D eigenvalue weighted by molar-refractivity contribution is 5.66. The van der Waals surface area contributed by atoms with Gasteiger partial charge in [0.15, 0.2) is 0 Å². The Bertz CT molecular complexity index is 174. The molecule has 0 aliphatic rings. The molecular weight excluding hydrogens is 214 g/mol. The van der Waals surface area contributed by atoms with E-state index in [4.69, 9.17) is 10.8 Å². The van der Waals surface area contributed by atoms with Gasteiger partial charge < -0.3 is 10.8 Å². The molecule has 0 fully saturated rings. The minimum absolute atomic E-state index is 0.0493. The van der Waals surface area contributed by atoms with E-state index >= 15 is 0 Å². The fourth-order valence-corrected chi connectivity index (χ4v) is 1.34. The Kier molecular flexibility index (Phi) is 13.2. The summed E-state index contributed by atoms with van der Waals surface area (Å²) in [6.45, 7) is 8.40. The van der Waals surface area contributed by atoms with E-state index in [1.807, 2.05) is 6.92 Å². The number of hydrogen-bond acceptors (Lipinski definition) is 2. The van der Waals surface area contributed by atoms with Crippen LogP contribution in [-0.2, 0) is 4.79 Å². The molecule has 0 saturated carbocycles. The number of nitrogens with two attached hydrogens (primary N) is 1. The van der Waals surface area contributed by atoms with Crippen molar-refractivity contribution in [1.29, 1.82) is 0 Å². The summed E-state index contributed by atoms with van der Waals surface area (Å²) in [7, 11) is 0. The second-order valence-corrected chi connectivity index (χ2v) is 5.30. The zero-order chi connectivity index (χ0) is 13.7.